The normalized spacial score (nSPS) is 13.4. The van der Waals surface area contributed by atoms with Crippen LogP contribution in [0.15, 0.2) is 17.8 Å². The molecule has 0 saturated heterocycles. The Labute approximate surface area is 113 Å². The molecule has 0 amide bonds. The first-order chi connectivity index (χ1) is 8.25. The van der Waals surface area contributed by atoms with Crippen LogP contribution in [0.2, 0.25) is 0 Å². The molecule has 2 rings (SSSR count). The van der Waals surface area contributed by atoms with E-state index in [1.165, 1.54) is 5.69 Å². The Hall–Kier alpha value is -0.870. The third-order valence-electron chi connectivity index (χ3n) is 2.90. The van der Waals surface area contributed by atoms with Crippen molar-refractivity contribution in [2.24, 2.45) is 5.41 Å². The lowest BCUT2D eigenvalue weighted by Crippen LogP contribution is -2.42. The van der Waals surface area contributed by atoms with Gasteiger partial charge < -0.3 is 5.32 Å². The molecule has 2 aromatic heterocycles. The Bertz CT molecular complexity index is 488. The zero-order valence-electron chi connectivity index (χ0n) is 11.9. The summed E-state index contributed by atoms with van der Waals surface area (Å²) in [6, 6.07) is 0. The van der Waals surface area contributed by atoms with Crippen molar-refractivity contribution in [3.05, 3.63) is 23.5 Å². The van der Waals surface area contributed by atoms with Gasteiger partial charge in [0.1, 0.15) is 0 Å². The highest BCUT2D eigenvalue weighted by molar-refractivity contribution is 7.15. The van der Waals surface area contributed by atoms with Gasteiger partial charge in [0.2, 0.25) is 0 Å². The molecule has 0 saturated carbocycles. The fourth-order valence-corrected chi connectivity index (χ4v) is 2.64. The van der Waals surface area contributed by atoms with Crippen LogP contribution >= 0.6 is 11.3 Å². The molecule has 100 valence electrons. The van der Waals surface area contributed by atoms with Crippen molar-refractivity contribution in [3.8, 4) is 0 Å². The van der Waals surface area contributed by atoms with Gasteiger partial charge in [0.15, 0.2) is 4.96 Å². The monoisotopic (exact) mass is 265 g/mol. The molecule has 3 nitrogen and oxygen atoms in total. The molecule has 0 radical (unpaired) electrons. The van der Waals surface area contributed by atoms with E-state index >= 15 is 0 Å². The number of rotatable bonds is 4. The number of hydrogen-bond donors (Lipinski definition) is 1. The largest absolute Gasteiger partial charge is 0.312 e. The Kier molecular flexibility index (Phi) is 3.52. The molecule has 0 aliphatic heterocycles. The summed E-state index contributed by atoms with van der Waals surface area (Å²) in [5, 5.41) is 5.65. The maximum Gasteiger partial charge on any atom is 0.193 e. The first-order valence-corrected chi connectivity index (χ1v) is 7.29. The standard InChI is InChI=1S/C14H23N3S/c1-13(2,3)15-10-14(4,5)8-11-9-17-6-7-18-12(17)16-11/h6-7,9,15H,8,10H2,1-5H3. The topological polar surface area (TPSA) is 29.3 Å². The van der Waals surface area contributed by atoms with Crippen LogP contribution in [-0.4, -0.2) is 21.5 Å². The molecule has 2 aromatic rings. The van der Waals surface area contributed by atoms with Gasteiger partial charge in [-0.05, 0) is 32.6 Å². The predicted octanol–water partition coefficient (Wildman–Crippen LogP) is 3.35. The van der Waals surface area contributed by atoms with Gasteiger partial charge in [0.05, 0.1) is 5.69 Å². The summed E-state index contributed by atoms with van der Waals surface area (Å²) in [5.41, 5.74) is 1.57. The summed E-state index contributed by atoms with van der Waals surface area (Å²) in [6.45, 7) is 12.2. The molecule has 18 heavy (non-hydrogen) atoms. The molecule has 1 N–H and O–H groups in total. The third-order valence-corrected chi connectivity index (χ3v) is 3.67. The summed E-state index contributed by atoms with van der Waals surface area (Å²) in [6.07, 6.45) is 5.21. The van der Waals surface area contributed by atoms with Gasteiger partial charge in [-0.3, -0.25) is 4.40 Å². The number of hydrogen-bond acceptors (Lipinski definition) is 3. The summed E-state index contributed by atoms with van der Waals surface area (Å²) in [4.78, 5) is 5.74. The molecule has 4 heteroatoms. The maximum atomic E-state index is 4.66. The Morgan fingerprint density at radius 2 is 2.00 bits per heavy atom. The number of imidazole rings is 1. The summed E-state index contributed by atoms with van der Waals surface area (Å²) >= 11 is 1.69. The molecular formula is C14H23N3S. The van der Waals surface area contributed by atoms with Gasteiger partial charge in [0.25, 0.3) is 0 Å². The Morgan fingerprint density at radius 3 is 2.61 bits per heavy atom. The molecule has 0 aliphatic carbocycles. The van der Waals surface area contributed by atoms with E-state index in [0.29, 0.717) is 0 Å². The highest BCUT2D eigenvalue weighted by Gasteiger charge is 2.22. The maximum absolute atomic E-state index is 4.66. The number of nitrogens with one attached hydrogen (secondary N) is 1. The van der Waals surface area contributed by atoms with Crippen molar-refractivity contribution >= 4 is 16.3 Å². The highest BCUT2D eigenvalue weighted by atomic mass is 32.1. The van der Waals surface area contributed by atoms with E-state index in [0.717, 1.165) is 17.9 Å². The molecule has 0 aliphatic rings. The lowest BCUT2D eigenvalue weighted by Gasteiger charge is -2.30. The van der Waals surface area contributed by atoms with E-state index < -0.39 is 0 Å². The van der Waals surface area contributed by atoms with E-state index in [1.54, 1.807) is 11.3 Å². The second-order valence-electron chi connectivity index (χ2n) is 6.77. The smallest absolute Gasteiger partial charge is 0.193 e. The van der Waals surface area contributed by atoms with Gasteiger partial charge in [-0.15, -0.1) is 11.3 Å². The second-order valence-corrected chi connectivity index (χ2v) is 7.64. The van der Waals surface area contributed by atoms with Crippen LogP contribution in [-0.2, 0) is 6.42 Å². The average Bonchev–Trinajstić information content (AvgIpc) is 2.73. The molecule has 0 spiro atoms. The lowest BCUT2D eigenvalue weighted by molar-refractivity contribution is 0.287. The minimum Gasteiger partial charge on any atom is -0.312 e. The minimum absolute atomic E-state index is 0.172. The van der Waals surface area contributed by atoms with Crippen LogP contribution in [0.5, 0.6) is 0 Å². The molecule has 0 unspecified atom stereocenters. The fraction of sp³-hybridized carbons (Fsp3) is 0.643. The van der Waals surface area contributed by atoms with Gasteiger partial charge >= 0.3 is 0 Å². The van der Waals surface area contributed by atoms with E-state index in [-0.39, 0.29) is 11.0 Å². The van der Waals surface area contributed by atoms with Crippen LogP contribution < -0.4 is 5.32 Å². The van der Waals surface area contributed by atoms with E-state index in [2.05, 4.69) is 67.1 Å². The molecule has 2 heterocycles. The van der Waals surface area contributed by atoms with Gasteiger partial charge in [-0.2, -0.15) is 0 Å². The van der Waals surface area contributed by atoms with Crippen molar-refractivity contribution < 1.29 is 0 Å². The second kappa shape index (κ2) is 4.67. The predicted molar refractivity (Wildman–Crippen MR) is 78.3 cm³/mol. The number of nitrogens with zero attached hydrogens (tertiary/aromatic N) is 2. The van der Waals surface area contributed by atoms with Gasteiger partial charge in [0, 0.05) is 29.9 Å². The first kappa shape index (κ1) is 13.6. The first-order valence-electron chi connectivity index (χ1n) is 6.41. The van der Waals surface area contributed by atoms with Crippen LogP contribution in [0.25, 0.3) is 4.96 Å². The molecule has 0 aromatic carbocycles. The average molecular weight is 265 g/mol. The SMILES string of the molecule is CC(C)(CNC(C)(C)C)Cc1cn2ccsc2n1. The fourth-order valence-electron chi connectivity index (χ4n) is 1.92. The van der Waals surface area contributed by atoms with Crippen LogP contribution in [0.3, 0.4) is 0 Å². The molecule has 0 fully saturated rings. The molecular weight excluding hydrogens is 242 g/mol. The zero-order chi connectivity index (χ0) is 13.4. The molecule has 0 atom stereocenters. The van der Waals surface area contributed by atoms with Crippen molar-refractivity contribution in [3.63, 3.8) is 0 Å². The highest BCUT2D eigenvalue weighted by Crippen LogP contribution is 2.22. The van der Waals surface area contributed by atoms with E-state index in [4.69, 9.17) is 0 Å². The van der Waals surface area contributed by atoms with Crippen LogP contribution in [0, 0.1) is 5.41 Å². The Balaban J connectivity index is 2.01. The van der Waals surface area contributed by atoms with E-state index in [1.807, 2.05) is 0 Å². The van der Waals surface area contributed by atoms with E-state index in [9.17, 15) is 0 Å². The Morgan fingerprint density at radius 1 is 1.28 bits per heavy atom. The van der Waals surface area contributed by atoms with Gasteiger partial charge in [-0.25, -0.2) is 4.98 Å². The number of thiazole rings is 1. The van der Waals surface area contributed by atoms with Crippen molar-refractivity contribution in [2.45, 2.75) is 46.6 Å². The summed E-state index contributed by atoms with van der Waals surface area (Å²) in [7, 11) is 0. The zero-order valence-corrected chi connectivity index (χ0v) is 12.8. The van der Waals surface area contributed by atoms with Crippen LogP contribution in [0.4, 0.5) is 0 Å². The van der Waals surface area contributed by atoms with Gasteiger partial charge in [-0.1, -0.05) is 13.8 Å². The quantitative estimate of drug-likeness (QED) is 0.918. The number of fused-ring (bicyclic) bond motifs is 1. The molecule has 0 bridgehead atoms. The van der Waals surface area contributed by atoms with Crippen molar-refractivity contribution in [2.75, 3.05) is 6.54 Å². The summed E-state index contributed by atoms with van der Waals surface area (Å²) in [5.74, 6) is 0. The summed E-state index contributed by atoms with van der Waals surface area (Å²) < 4.78 is 2.10. The van der Waals surface area contributed by atoms with Crippen molar-refractivity contribution in [1.82, 2.24) is 14.7 Å². The lowest BCUT2D eigenvalue weighted by atomic mass is 9.87. The van der Waals surface area contributed by atoms with Crippen molar-refractivity contribution in [1.29, 1.82) is 0 Å². The minimum atomic E-state index is 0.172. The third kappa shape index (κ3) is 3.56. The van der Waals surface area contributed by atoms with Crippen LogP contribution in [0.1, 0.15) is 40.3 Å². The number of aromatic nitrogens is 2.